The normalized spacial score (nSPS) is 22.8. The molecule has 0 atom stereocenters. The summed E-state index contributed by atoms with van der Waals surface area (Å²) in [6, 6.07) is 64.3. The molecule has 27 heteroatoms. The predicted molar refractivity (Wildman–Crippen MR) is 494 cm³/mol. The van der Waals surface area contributed by atoms with Crippen molar-refractivity contribution in [1.29, 1.82) is 0 Å². The fourth-order valence-electron chi connectivity index (χ4n) is 19.1. The standard InChI is InChI=1S/C18H24F2O5.2C18H15S.C15H21ClO3.C11H18O.C5H7ClO3.C3H4F2O2.3C3H8O.C3H8.CH4.H2O.Ti/c1-17(19,20)16(23)24-9-14(21)5-15(22)25-10-18-6-11-2-12(7-18)4-13(3-11)8-18;2*1-4-10-16(11-5-1)19(17-12-6-2-7-13-17)18-14-8-3-9-15-18;16-8-13(17)4-14(18)19-9-15-5-10-1-11(6-15)3-12(2-10)7-15;12-7-11-4-8-1-9(5-11)3-10(2-8)6-11;1-9-5(8)2-4(7)3-6;1-3(4,5)2(6)7;3*1-2-3-4;1-3-2;;;/h11-13H,2-10H2,1H3;2*1-15H;10-12H,1-9H2;8-10,12H,1-7H2;2-3H2,1H3;1H3,(H,6,7);3*4H,2-3H2,1H3;3H2,1-2H3;1H4;1H2;/q;2*+1;;;;;;;;;;;. The van der Waals surface area contributed by atoms with Crippen molar-refractivity contribution >= 4 is 92.2 Å². The molecule has 12 aliphatic carbocycles. The summed E-state index contributed by atoms with van der Waals surface area (Å²) in [4.78, 5) is 95.1. The van der Waals surface area contributed by atoms with Crippen LogP contribution in [0.5, 0.6) is 0 Å². The van der Waals surface area contributed by atoms with Crippen LogP contribution in [-0.4, -0.2) is 155 Å². The maximum atomic E-state index is 12.6. The van der Waals surface area contributed by atoms with Gasteiger partial charge in [0.15, 0.2) is 53.3 Å². The molecule has 710 valence electrons. The van der Waals surface area contributed by atoms with Crippen LogP contribution in [0, 0.1) is 69.5 Å². The number of aliphatic hydroxyl groups excluding tert-OH is 4. The van der Waals surface area contributed by atoms with Crippen molar-refractivity contribution in [2.24, 2.45) is 69.5 Å². The summed E-state index contributed by atoms with van der Waals surface area (Å²) >= 11 is 10.5. The van der Waals surface area contributed by atoms with Gasteiger partial charge in [0.2, 0.25) is 0 Å². The van der Waals surface area contributed by atoms with Crippen molar-refractivity contribution in [2.45, 2.75) is 258 Å². The second kappa shape index (κ2) is 61.8. The fourth-order valence-corrected chi connectivity index (χ4v) is 23.5. The van der Waals surface area contributed by atoms with Gasteiger partial charge >= 0.3 is 41.7 Å². The first-order valence-corrected chi connectivity index (χ1v) is 47.7. The minimum atomic E-state index is -3.65. The second-order valence-electron chi connectivity index (χ2n) is 34.7. The van der Waals surface area contributed by atoms with Crippen molar-refractivity contribution in [3.63, 3.8) is 0 Å². The number of hydrogen-bond donors (Lipinski definition) is 5. The van der Waals surface area contributed by atoms with Gasteiger partial charge in [-0.3, -0.25) is 28.8 Å². The molecular formula is C101H142Cl2F4O18S2Ti+2. The molecule has 6 aromatic carbocycles. The smallest absolute Gasteiger partial charge is 0.377 e. The number of ketones is 3. The van der Waals surface area contributed by atoms with E-state index in [1.165, 1.54) is 139 Å². The van der Waals surface area contributed by atoms with Crippen LogP contribution in [0.25, 0.3) is 0 Å². The monoisotopic (exact) mass is 1900 g/mol. The van der Waals surface area contributed by atoms with Gasteiger partial charge in [-0.25, -0.2) is 9.59 Å². The number of hydrogen-bond acceptors (Lipinski definition) is 16. The molecular weight excluding hydrogens is 1760 g/mol. The fraction of sp³-hybridized carbons (Fsp3) is 0.564. The summed E-state index contributed by atoms with van der Waals surface area (Å²) in [7, 11) is 1.20. The maximum absolute atomic E-state index is 12.6. The second-order valence-corrected chi connectivity index (χ2v) is 39.3. The van der Waals surface area contributed by atoms with Crippen molar-refractivity contribution in [3.05, 3.63) is 182 Å². The molecule has 0 unspecified atom stereocenters. The number of aliphatic hydroxyl groups is 4. The molecule has 12 aliphatic rings. The number of ether oxygens (including phenoxy) is 4. The minimum absolute atomic E-state index is 0. The van der Waals surface area contributed by atoms with Gasteiger partial charge in [0, 0.05) is 72.8 Å². The van der Waals surface area contributed by atoms with E-state index < -0.39 is 60.5 Å². The van der Waals surface area contributed by atoms with E-state index in [1.54, 1.807) is 0 Å². The molecule has 7 N–H and O–H groups in total. The minimum Gasteiger partial charge on any atom is -0.477 e. The number of aliphatic carboxylic acids is 1. The number of carbonyl (C=O) groups is 8. The van der Waals surface area contributed by atoms with Crippen LogP contribution in [0.15, 0.2) is 211 Å². The van der Waals surface area contributed by atoms with Gasteiger partial charge in [0.05, 0.1) is 53.9 Å². The summed E-state index contributed by atoms with van der Waals surface area (Å²) in [6.45, 7) is 12.2. The number of benzene rings is 6. The molecule has 12 saturated carbocycles. The third-order valence-corrected chi connectivity index (χ3v) is 28.2. The van der Waals surface area contributed by atoms with E-state index in [2.05, 4.69) is 205 Å². The molecule has 0 aromatic heterocycles. The Hall–Kier alpha value is -6.81. The van der Waals surface area contributed by atoms with Crippen LogP contribution in [0.1, 0.15) is 216 Å². The summed E-state index contributed by atoms with van der Waals surface area (Å²) in [5, 5.41) is 40.6. The molecule has 18 rings (SSSR count). The van der Waals surface area contributed by atoms with Gasteiger partial charge in [0.25, 0.3) is 0 Å². The molecule has 0 aliphatic heterocycles. The number of carboxylic acid groups (broad SMARTS) is 1. The summed E-state index contributed by atoms with van der Waals surface area (Å²) in [6.07, 6.45) is 26.4. The van der Waals surface area contributed by atoms with Gasteiger partial charge in [-0.15, -0.1) is 23.2 Å². The molecule has 0 heterocycles. The number of carboxylic acids is 1. The van der Waals surface area contributed by atoms with E-state index in [-0.39, 0.29) is 103 Å². The Kier molecular flexibility index (Phi) is 56.6. The molecule has 128 heavy (non-hydrogen) atoms. The first kappa shape index (κ1) is 117. The molecule has 0 spiro atoms. The Morgan fingerprint density at radius 3 is 0.766 bits per heavy atom. The molecule has 18 nitrogen and oxygen atoms in total. The number of esters is 4. The van der Waals surface area contributed by atoms with Gasteiger partial charge in [-0.2, -0.15) is 17.6 Å². The largest absolute Gasteiger partial charge is 0.477 e. The van der Waals surface area contributed by atoms with Crippen LogP contribution >= 0.6 is 23.2 Å². The van der Waals surface area contributed by atoms with E-state index in [9.17, 15) is 61.0 Å². The average molecular weight is 1900 g/mol. The van der Waals surface area contributed by atoms with Crippen molar-refractivity contribution in [2.75, 3.05) is 65.1 Å². The average Bonchev–Trinajstić information content (AvgIpc) is 0.756. The predicted octanol–water partition coefficient (Wildman–Crippen LogP) is 21.1. The number of alkyl halides is 6. The number of Topliss-reactive ketones (excluding diaryl/α,β-unsaturated/α-hetero) is 3. The van der Waals surface area contributed by atoms with E-state index >= 15 is 0 Å². The summed E-state index contributed by atoms with van der Waals surface area (Å²) < 4.78 is 66.9. The number of methoxy groups -OCH3 is 1. The van der Waals surface area contributed by atoms with E-state index in [1.807, 2.05) is 20.8 Å². The van der Waals surface area contributed by atoms with Gasteiger partial charge in [-0.05, 0) is 266 Å². The first-order chi connectivity index (χ1) is 59.7. The number of halogens is 6. The van der Waals surface area contributed by atoms with Crippen LogP contribution in [-0.2, 0) is 101 Å². The van der Waals surface area contributed by atoms with Crippen LogP contribution in [0.4, 0.5) is 17.6 Å². The van der Waals surface area contributed by atoms with Crippen LogP contribution in [0.3, 0.4) is 0 Å². The Morgan fingerprint density at radius 1 is 0.383 bits per heavy atom. The van der Waals surface area contributed by atoms with Gasteiger partial charge < -0.3 is 50.0 Å². The topological polar surface area (TPSA) is 306 Å². The zero-order valence-corrected chi connectivity index (χ0v) is 80.0. The zero-order valence-electron chi connectivity index (χ0n) is 75.3. The third kappa shape index (κ3) is 42.0. The molecule has 12 fully saturated rings. The molecule has 6 aromatic rings. The number of rotatable bonds is 26. The van der Waals surface area contributed by atoms with Gasteiger partial charge in [-0.1, -0.05) is 158 Å². The SMILES string of the molecule is C.CC(F)(F)C(=O)O.CC(F)(F)C(=O)OCC(=O)CC(=O)OCC12CC3CC(CC(C3)C1)C2.CCC.CCCO.CCCO.CCCO.COC(=O)CC(=O)CCl.O.O=C(CCl)CC(=O)OCC12CC3CC(CC(C3)C1)C2.OCC12CC3CC(CC(C3)C1)C2.[Ti].c1ccc([S+](c2ccccc2)c2ccccc2)cc1.c1ccc([S+](c2ccccc2)c2ccccc2)cc1. The summed E-state index contributed by atoms with van der Waals surface area (Å²) in [5.74, 6) is -6.52. The molecule has 12 bridgehead atoms. The molecule has 0 radical (unpaired) electrons. The number of carbonyl (C=O) groups excluding carboxylic acids is 7. The van der Waals surface area contributed by atoms with Crippen molar-refractivity contribution in [1.82, 2.24) is 0 Å². The Labute approximate surface area is 788 Å². The third-order valence-electron chi connectivity index (χ3n) is 23.1. The quantitative estimate of drug-likeness (QED) is 0.00641. The summed E-state index contributed by atoms with van der Waals surface area (Å²) in [5.41, 5.74) is 0.688. The van der Waals surface area contributed by atoms with Crippen molar-refractivity contribution in [3.8, 4) is 0 Å². The zero-order chi connectivity index (χ0) is 92.0. The Bertz CT molecular complexity index is 3660. The van der Waals surface area contributed by atoms with Crippen LogP contribution < -0.4 is 0 Å². The first-order valence-electron chi connectivity index (χ1n) is 44.2. The van der Waals surface area contributed by atoms with E-state index in [0.717, 1.165) is 91.8 Å². The van der Waals surface area contributed by atoms with Gasteiger partial charge in [0.1, 0.15) is 19.3 Å². The molecule has 0 amide bonds. The Morgan fingerprint density at radius 2 is 0.586 bits per heavy atom. The van der Waals surface area contributed by atoms with Crippen molar-refractivity contribution < 1.29 is 128 Å². The Balaban J connectivity index is 0.000000501. The maximum Gasteiger partial charge on any atom is 0.377 e. The van der Waals surface area contributed by atoms with E-state index in [4.69, 9.17) is 53.1 Å². The van der Waals surface area contributed by atoms with E-state index in [0.29, 0.717) is 58.9 Å². The van der Waals surface area contributed by atoms with Crippen LogP contribution in [0.2, 0.25) is 0 Å². The molecule has 0 saturated heterocycles.